The van der Waals surface area contributed by atoms with Crippen LogP contribution in [0.1, 0.15) is 30.1 Å². The molecular weight excluding hydrogens is 368 g/mol. The van der Waals surface area contributed by atoms with Crippen molar-refractivity contribution >= 4 is 22.6 Å². The molecule has 1 saturated heterocycles. The molecule has 0 spiro atoms. The summed E-state index contributed by atoms with van der Waals surface area (Å²) < 4.78 is 1.60. The number of hydrogen-bond donors (Lipinski definition) is 1. The van der Waals surface area contributed by atoms with E-state index in [0.29, 0.717) is 29.9 Å². The normalized spacial score (nSPS) is 18.0. The van der Waals surface area contributed by atoms with E-state index < -0.39 is 0 Å². The first-order chi connectivity index (χ1) is 13.9. The lowest BCUT2D eigenvalue weighted by atomic mass is 9.90. The number of aromatic nitrogens is 4. The second kappa shape index (κ2) is 6.17. The van der Waals surface area contributed by atoms with Crippen LogP contribution in [0.3, 0.4) is 0 Å². The minimum Gasteiger partial charge on any atom is -0.378 e. The summed E-state index contributed by atoms with van der Waals surface area (Å²) in [4.78, 5) is 36.9. The molecule has 1 aromatic carbocycles. The van der Waals surface area contributed by atoms with Crippen molar-refractivity contribution in [3.05, 3.63) is 52.2 Å². The zero-order chi connectivity index (χ0) is 20.3. The van der Waals surface area contributed by atoms with Crippen LogP contribution in [0.4, 0.5) is 5.69 Å². The standard InChI is InChI=1S/C21H24N6O2/c1-25(2)15-6-4-14(5-7-15)21(8-9-21)20(29)27-11-13(12-27)17-23-18-16(19(28)24-17)10-22-26(18)3/h4-7,10,13H,8-9,11-12H2,1-3H3,(H,23,24,28). The van der Waals surface area contributed by atoms with Gasteiger partial charge < -0.3 is 14.8 Å². The van der Waals surface area contributed by atoms with E-state index in [4.69, 9.17) is 0 Å². The molecule has 1 saturated carbocycles. The van der Waals surface area contributed by atoms with Gasteiger partial charge >= 0.3 is 0 Å². The topological polar surface area (TPSA) is 87.1 Å². The number of benzene rings is 1. The highest BCUT2D eigenvalue weighted by molar-refractivity contribution is 5.92. The van der Waals surface area contributed by atoms with Gasteiger partial charge in [0.25, 0.3) is 5.56 Å². The molecule has 0 unspecified atom stereocenters. The van der Waals surface area contributed by atoms with Crippen molar-refractivity contribution in [2.24, 2.45) is 7.05 Å². The van der Waals surface area contributed by atoms with Crippen LogP contribution >= 0.6 is 0 Å². The molecule has 1 aliphatic heterocycles. The average Bonchev–Trinajstić information content (AvgIpc) is 3.39. The number of aromatic amines is 1. The predicted octanol–water partition coefficient (Wildman–Crippen LogP) is 1.38. The minimum atomic E-state index is -0.372. The van der Waals surface area contributed by atoms with Crippen molar-refractivity contribution < 1.29 is 4.79 Å². The summed E-state index contributed by atoms with van der Waals surface area (Å²) in [6, 6.07) is 8.29. The summed E-state index contributed by atoms with van der Waals surface area (Å²) in [5.41, 5.74) is 2.25. The van der Waals surface area contributed by atoms with Crippen LogP contribution in [0.25, 0.3) is 11.0 Å². The van der Waals surface area contributed by atoms with Crippen molar-refractivity contribution in [1.29, 1.82) is 0 Å². The number of nitrogens with zero attached hydrogens (tertiary/aromatic N) is 5. The summed E-state index contributed by atoms with van der Waals surface area (Å²) >= 11 is 0. The number of carbonyl (C=O) groups excluding carboxylic acids is 1. The van der Waals surface area contributed by atoms with E-state index in [0.717, 1.165) is 24.1 Å². The maximum atomic E-state index is 13.2. The van der Waals surface area contributed by atoms with Gasteiger partial charge in [-0.1, -0.05) is 12.1 Å². The molecule has 1 N–H and O–H groups in total. The third-order valence-electron chi connectivity index (χ3n) is 6.27. The Morgan fingerprint density at radius 2 is 1.90 bits per heavy atom. The molecule has 1 aliphatic carbocycles. The van der Waals surface area contributed by atoms with Crippen molar-refractivity contribution in [3.8, 4) is 0 Å². The van der Waals surface area contributed by atoms with Gasteiger partial charge in [-0.2, -0.15) is 5.10 Å². The first-order valence-corrected chi connectivity index (χ1v) is 9.88. The zero-order valence-corrected chi connectivity index (χ0v) is 16.8. The second-order valence-corrected chi connectivity index (χ2v) is 8.39. The van der Waals surface area contributed by atoms with Gasteiger partial charge in [-0.05, 0) is 30.5 Å². The number of fused-ring (bicyclic) bond motifs is 1. The number of anilines is 1. The van der Waals surface area contributed by atoms with Crippen molar-refractivity contribution in [2.75, 3.05) is 32.1 Å². The predicted molar refractivity (Wildman–Crippen MR) is 110 cm³/mol. The summed E-state index contributed by atoms with van der Waals surface area (Å²) in [5, 5.41) is 4.59. The number of nitrogens with one attached hydrogen (secondary N) is 1. The number of likely N-dealkylation sites (tertiary alicyclic amines) is 1. The number of carbonyl (C=O) groups is 1. The lowest BCUT2D eigenvalue weighted by Crippen LogP contribution is -2.52. The van der Waals surface area contributed by atoms with Crippen LogP contribution < -0.4 is 10.5 Å². The van der Waals surface area contributed by atoms with Crippen LogP contribution in [0, 0.1) is 0 Å². The third kappa shape index (κ3) is 2.73. The number of H-pyrrole nitrogens is 1. The van der Waals surface area contributed by atoms with E-state index >= 15 is 0 Å². The Morgan fingerprint density at radius 1 is 1.21 bits per heavy atom. The molecule has 0 atom stereocenters. The van der Waals surface area contributed by atoms with Crippen LogP contribution in [-0.2, 0) is 17.3 Å². The van der Waals surface area contributed by atoms with Crippen LogP contribution in [0.2, 0.25) is 0 Å². The molecule has 8 heteroatoms. The molecule has 2 aromatic heterocycles. The van der Waals surface area contributed by atoms with Gasteiger partial charge in [0.05, 0.1) is 17.5 Å². The highest BCUT2D eigenvalue weighted by Gasteiger charge is 2.54. The molecule has 0 bridgehead atoms. The minimum absolute atomic E-state index is 0.0536. The quantitative estimate of drug-likeness (QED) is 0.725. The Balaban J connectivity index is 1.32. The second-order valence-electron chi connectivity index (χ2n) is 8.39. The molecular formula is C21H24N6O2. The number of amides is 1. The summed E-state index contributed by atoms with van der Waals surface area (Å²) in [7, 11) is 5.79. The lowest BCUT2D eigenvalue weighted by molar-refractivity contribution is -0.138. The fourth-order valence-corrected chi connectivity index (χ4v) is 4.19. The molecule has 150 valence electrons. The Hall–Kier alpha value is -3.16. The van der Waals surface area contributed by atoms with E-state index in [2.05, 4.69) is 44.2 Å². The maximum Gasteiger partial charge on any atom is 0.262 e. The molecule has 8 nitrogen and oxygen atoms in total. The fourth-order valence-electron chi connectivity index (χ4n) is 4.19. The van der Waals surface area contributed by atoms with E-state index in [1.807, 2.05) is 19.0 Å². The first kappa shape index (κ1) is 17.9. The third-order valence-corrected chi connectivity index (χ3v) is 6.27. The van der Waals surface area contributed by atoms with Gasteiger partial charge in [-0.25, -0.2) is 4.98 Å². The van der Waals surface area contributed by atoms with Crippen molar-refractivity contribution in [1.82, 2.24) is 24.6 Å². The zero-order valence-electron chi connectivity index (χ0n) is 16.8. The van der Waals surface area contributed by atoms with Gasteiger partial charge in [0.2, 0.25) is 5.91 Å². The average molecular weight is 392 g/mol. The van der Waals surface area contributed by atoms with Crippen molar-refractivity contribution in [2.45, 2.75) is 24.2 Å². The van der Waals surface area contributed by atoms with Crippen LogP contribution in [0.15, 0.2) is 35.3 Å². The van der Waals surface area contributed by atoms with Crippen LogP contribution in [0.5, 0.6) is 0 Å². The van der Waals surface area contributed by atoms with Gasteiger partial charge in [-0.3, -0.25) is 14.3 Å². The largest absolute Gasteiger partial charge is 0.378 e. The van der Waals surface area contributed by atoms with E-state index in [-0.39, 0.29) is 22.8 Å². The first-order valence-electron chi connectivity index (χ1n) is 9.88. The van der Waals surface area contributed by atoms with Crippen molar-refractivity contribution in [3.63, 3.8) is 0 Å². The number of hydrogen-bond acceptors (Lipinski definition) is 5. The van der Waals surface area contributed by atoms with Gasteiger partial charge in [0.15, 0.2) is 5.65 Å². The molecule has 5 rings (SSSR count). The maximum absolute atomic E-state index is 13.2. The fraction of sp³-hybridized carbons (Fsp3) is 0.429. The van der Waals surface area contributed by atoms with E-state index in [1.165, 1.54) is 6.20 Å². The van der Waals surface area contributed by atoms with Crippen LogP contribution in [-0.4, -0.2) is 57.7 Å². The molecule has 2 fully saturated rings. The molecule has 29 heavy (non-hydrogen) atoms. The SMILES string of the molecule is CN(C)c1ccc(C2(C(=O)N3CC(c4nc5c(cnn5C)c(=O)[nH]4)C3)CC2)cc1. The number of aryl methyl sites for hydroxylation is 1. The van der Waals surface area contributed by atoms with E-state index in [1.54, 1.807) is 11.7 Å². The van der Waals surface area contributed by atoms with Gasteiger partial charge in [0.1, 0.15) is 11.2 Å². The Kier molecular flexibility index (Phi) is 3.81. The number of rotatable bonds is 4. The highest BCUT2D eigenvalue weighted by atomic mass is 16.2. The molecule has 0 radical (unpaired) electrons. The smallest absolute Gasteiger partial charge is 0.262 e. The molecule has 1 amide bonds. The summed E-state index contributed by atoms with van der Waals surface area (Å²) in [6.07, 6.45) is 3.31. The summed E-state index contributed by atoms with van der Waals surface area (Å²) in [6.45, 7) is 1.17. The van der Waals surface area contributed by atoms with E-state index in [9.17, 15) is 9.59 Å². The highest BCUT2D eigenvalue weighted by Crippen LogP contribution is 2.51. The Bertz CT molecular complexity index is 1150. The Morgan fingerprint density at radius 3 is 2.52 bits per heavy atom. The Labute approximate surface area is 168 Å². The lowest BCUT2D eigenvalue weighted by Gasteiger charge is -2.40. The van der Waals surface area contributed by atoms with Gasteiger partial charge in [0, 0.05) is 39.9 Å². The molecule has 3 heterocycles. The molecule has 2 aliphatic rings. The summed E-state index contributed by atoms with van der Waals surface area (Å²) in [5.74, 6) is 0.878. The van der Waals surface area contributed by atoms with Gasteiger partial charge in [-0.15, -0.1) is 0 Å². The monoisotopic (exact) mass is 392 g/mol. The molecule has 3 aromatic rings.